The number of hydrogen-bond acceptors (Lipinski definition) is 6. The number of rotatable bonds is 5. The van der Waals surface area contributed by atoms with Gasteiger partial charge in [-0.1, -0.05) is 30.3 Å². The van der Waals surface area contributed by atoms with Crippen molar-refractivity contribution in [1.29, 1.82) is 0 Å². The third-order valence-corrected chi connectivity index (χ3v) is 7.34. The average Bonchev–Trinajstić information content (AvgIpc) is 3.48. The number of carbonyl (C=O) groups excluding carboxylic acids is 2. The van der Waals surface area contributed by atoms with Gasteiger partial charge in [0.15, 0.2) is 0 Å². The predicted molar refractivity (Wildman–Crippen MR) is 120 cm³/mol. The molecule has 4 heterocycles. The number of hydrogen-bond donors (Lipinski definition) is 3. The van der Waals surface area contributed by atoms with Gasteiger partial charge in [-0.05, 0) is 41.5 Å². The molecule has 2 fully saturated rings. The molecule has 2 aromatic rings. The van der Waals surface area contributed by atoms with E-state index in [2.05, 4.69) is 38.4 Å². The number of carbonyl (C=O) groups is 2. The van der Waals surface area contributed by atoms with Crippen molar-refractivity contribution in [3.63, 3.8) is 0 Å². The Kier molecular flexibility index (Phi) is 5.85. The summed E-state index contributed by atoms with van der Waals surface area (Å²) in [5.41, 5.74) is 2.29. The number of piperidine rings is 1. The fraction of sp³-hybridized carbons (Fsp3) is 0.391. The highest BCUT2D eigenvalue weighted by atomic mass is 32.2. The summed E-state index contributed by atoms with van der Waals surface area (Å²) in [5, 5.41) is 11.7. The molecule has 2 amide bonds. The van der Waals surface area contributed by atoms with E-state index in [1.165, 1.54) is 0 Å². The summed E-state index contributed by atoms with van der Waals surface area (Å²) in [4.78, 5) is 27.7. The number of furan rings is 1. The van der Waals surface area contributed by atoms with Gasteiger partial charge in [0, 0.05) is 13.1 Å². The molecule has 3 aliphatic rings. The first-order valence-corrected chi connectivity index (χ1v) is 11.6. The van der Waals surface area contributed by atoms with Crippen LogP contribution in [0.1, 0.15) is 24.2 Å². The number of amides is 2. The van der Waals surface area contributed by atoms with Crippen LogP contribution in [0, 0.1) is 5.92 Å². The summed E-state index contributed by atoms with van der Waals surface area (Å²) >= 11 is 1.57. The highest BCUT2D eigenvalue weighted by molar-refractivity contribution is 8.04. The molecule has 8 heteroatoms. The topological polar surface area (TPSA) is 86.6 Å². The summed E-state index contributed by atoms with van der Waals surface area (Å²) in [7, 11) is 0. The van der Waals surface area contributed by atoms with E-state index < -0.39 is 0 Å². The lowest BCUT2D eigenvalue weighted by molar-refractivity contribution is -0.129. The maximum absolute atomic E-state index is 12.8. The first-order chi connectivity index (χ1) is 15.2. The predicted octanol–water partition coefficient (Wildman–Crippen LogP) is 2.14. The molecule has 0 bridgehead atoms. The van der Waals surface area contributed by atoms with E-state index in [1.54, 1.807) is 18.0 Å². The molecule has 0 spiro atoms. The van der Waals surface area contributed by atoms with Gasteiger partial charge in [-0.3, -0.25) is 19.8 Å². The van der Waals surface area contributed by atoms with Crippen molar-refractivity contribution in [2.24, 2.45) is 5.92 Å². The van der Waals surface area contributed by atoms with Crippen LogP contribution in [-0.2, 0) is 16.1 Å². The van der Waals surface area contributed by atoms with Crippen LogP contribution in [0.15, 0.2) is 58.6 Å². The van der Waals surface area contributed by atoms with E-state index in [4.69, 9.17) is 4.42 Å². The average molecular weight is 439 g/mol. The number of nitrogens with zero attached hydrogens (tertiary/aromatic N) is 1. The smallest absolute Gasteiger partial charge is 0.237 e. The van der Waals surface area contributed by atoms with Crippen LogP contribution < -0.4 is 16.0 Å². The van der Waals surface area contributed by atoms with Crippen LogP contribution >= 0.6 is 11.8 Å². The Balaban J connectivity index is 1.24. The minimum atomic E-state index is -0.278. The van der Waals surface area contributed by atoms with Crippen molar-refractivity contribution in [3.8, 4) is 0 Å². The number of thioether (sulfide) groups is 1. The monoisotopic (exact) mass is 438 g/mol. The minimum Gasteiger partial charge on any atom is -0.467 e. The standard InChI is InChI=1S/C23H26N4O3S/c28-21(24-12-17-9-5-11-30-17)16-8-4-10-27(13-16)23-25-19-18(15-6-2-1-3-7-15)14-31-20(19)22(29)26-23/h1-3,5-7,9,11,14,16,19-20,23,25H,4,8,10,12-13H2,(H,24,28)(H,26,29). The molecule has 162 valence electrons. The van der Waals surface area contributed by atoms with Crippen molar-refractivity contribution in [1.82, 2.24) is 20.9 Å². The number of benzene rings is 1. The van der Waals surface area contributed by atoms with E-state index in [9.17, 15) is 9.59 Å². The van der Waals surface area contributed by atoms with Crippen LogP contribution in [0.4, 0.5) is 0 Å². The maximum atomic E-state index is 12.8. The lowest BCUT2D eigenvalue weighted by atomic mass is 9.94. The molecule has 5 rings (SSSR count). The molecule has 1 aromatic heterocycles. The Bertz CT molecular complexity index is 962. The third-order valence-electron chi connectivity index (χ3n) is 6.17. The molecular formula is C23H26N4O3S. The molecule has 7 nitrogen and oxygen atoms in total. The summed E-state index contributed by atoms with van der Waals surface area (Å²) in [6.07, 6.45) is 3.09. The lowest BCUT2D eigenvalue weighted by Gasteiger charge is -2.43. The first-order valence-electron chi connectivity index (χ1n) is 10.7. The van der Waals surface area contributed by atoms with E-state index in [0.29, 0.717) is 13.1 Å². The second-order valence-electron chi connectivity index (χ2n) is 8.18. The fourth-order valence-corrected chi connectivity index (χ4v) is 5.69. The molecule has 31 heavy (non-hydrogen) atoms. The molecule has 0 saturated carbocycles. The van der Waals surface area contributed by atoms with E-state index in [1.807, 2.05) is 30.3 Å². The normalized spacial score (nSPS) is 28.5. The van der Waals surface area contributed by atoms with Crippen molar-refractivity contribution >= 4 is 29.1 Å². The Labute approximate surface area is 185 Å². The molecule has 3 aliphatic heterocycles. The molecule has 0 radical (unpaired) electrons. The first kappa shape index (κ1) is 20.4. The Morgan fingerprint density at radius 2 is 2.10 bits per heavy atom. The molecule has 3 N–H and O–H groups in total. The van der Waals surface area contributed by atoms with Crippen LogP contribution in [0.25, 0.3) is 5.57 Å². The molecular weight excluding hydrogens is 412 g/mol. The zero-order valence-electron chi connectivity index (χ0n) is 17.1. The maximum Gasteiger partial charge on any atom is 0.237 e. The van der Waals surface area contributed by atoms with Gasteiger partial charge in [0.2, 0.25) is 11.8 Å². The van der Waals surface area contributed by atoms with Gasteiger partial charge in [0.1, 0.15) is 17.3 Å². The Morgan fingerprint density at radius 1 is 1.23 bits per heavy atom. The number of fused-ring (bicyclic) bond motifs is 1. The van der Waals surface area contributed by atoms with Crippen LogP contribution in [-0.4, -0.2) is 47.4 Å². The SMILES string of the molecule is O=C(NCc1ccco1)C1CCCN(C2NC(=O)C3SC=C(c4ccccc4)C3N2)C1. The summed E-state index contributed by atoms with van der Waals surface area (Å²) < 4.78 is 5.30. The number of likely N-dealkylation sites (tertiary alicyclic amines) is 1. The number of nitrogens with one attached hydrogen (secondary N) is 3. The zero-order valence-corrected chi connectivity index (χ0v) is 17.9. The Hall–Kier alpha value is -2.55. The lowest BCUT2D eigenvalue weighted by Crippen LogP contribution is -2.69. The molecule has 1 aromatic carbocycles. The van der Waals surface area contributed by atoms with Gasteiger partial charge in [-0.2, -0.15) is 0 Å². The van der Waals surface area contributed by atoms with Crippen molar-refractivity contribution in [2.45, 2.75) is 37.0 Å². The highest BCUT2D eigenvalue weighted by Crippen LogP contribution is 2.38. The van der Waals surface area contributed by atoms with Crippen molar-refractivity contribution in [3.05, 3.63) is 65.5 Å². The summed E-state index contributed by atoms with van der Waals surface area (Å²) in [6, 6.07) is 13.8. The fourth-order valence-electron chi connectivity index (χ4n) is 4.54. The highest BCUT2D eigenvalue weighted by Gasteiger charge is 2.44. The van der Waals surface area contributed by atoms with Gasteiger partial charge in [0.05, 0.1) is 24.8 Å². The zero-order chi connectivity index (χ0) is 21.2. The van der Waals surface area contributed by atoms with E-state index in [0.717, 1.165) is 36.3 Å². The van der Waals surface area contributed by atoms with Crippen LogP contribution in [0.5, 0.6) is 0 Å². The second-order valence-corrected chi connectivity index (χ2v) is 9.20. The molecule has 4 unspecified atom stereocenters. The second kappa shape index (κ2) is 8.90. The Morgan fingerprint density at radius 3 is 2.90 bits per heavy atom. The van der Waals surface area contributed by atoms with Crippen molar-refractivity contribution in [2.75, 3.05) is 13.1 Å². The summed E-state index contributed by atoms with van der Waals surface area (Å²) in [6.45, 7) is 1.85. The molecule has 4 atom stereocenters. The molecule has 2 saturated heterocycles. The van der Waals surface area contributed by atoms with E-state index >= 15 is 0 Å². The largest absolute Gasteiger partial charge is 0.467 e. The van der Waals surface area contributed by atoms with Crippen LogP contribution in [0.2, 0.25) is 0 Å². The van der Waals surface area contributed by atoms with Gasteiger partial charge in [0.25, 0.3) is 0 Å². The summed E-state index contributed by atoms with van der Waals surface area (Å²) in [5.74, 6) is 0.710. The quantitative estimate of drug-likeness (QED) is 0.663. The third kappa shape index (κ3) is 4.28. The van der Waals surface area contributed by atoms with E-state index in [-0.39, 0.29) is 35.3 Å². The van der Waals surface area contributed by atoms with Crippen LogP contribution in [0.3, 0.4) is 0 Å². The van der Waals surface area contributed by atoms with Gasteiger partial charge in [-0.25, -0.2) is 0 Å². The van der Waals surface area contributed by atoms with Gasteiger partial charge < -0.3 is 15.1 Å². The van der Waals surface area contributed by atoms with Crippen molar-refractivity contribution < 1.29 is 14.0 Å². The van der Waals surface area contributed by atoms with Gasteiger partial charge in [-0.15, -0.1) is 11.8 Å². The minimum absolute atomic E-state index is 0.0300. The molecule has 0 aliphatic carbocycles. The van der Waals surface area contributed by atoms with Gasteiger partial charge >= 0.3 is 0 Å².